The number of rotatable bonds is 4. The van der Waals surface area contributed by atoms with Crippen LogP contribution in [-0.2, 0) is 25.0 Å². The minimum Gasteiger partial charge on any atom is -0.426 e. The van der Waals surface area contributed by atoms with E-state index in [9.17, 15) is 21.6 Å². The number of carbonyl (C=O) groups is 1. The Balaban J connectivity index is 0.000000489. The van der Waals surface area contributed by atoms with E-state index in [0.717, 1.165) is 36.5 Å². The largest absolute Gasteiger partial charge is 0.426 e. The lowest BCUT2D eigenvalue weighted by atomic mass is 9.82. The van der Waals surface area contributed by atoms with Crippen LogP contribution in [0.2, 0.25) is 0 Å². The Morgan fingerprint density at radius 1 is 0.971 bits per heavy atom. The lowest BCUT2D eigenvalue weighted by Crippen LogP contribution is -2.28. The quantitative estimate of drug-likeness (QED) is 0.130. The Morgan fingerprint density at radius 2 is 1.44 bits per heavy atom. The maximum Gasteiger partial charge on any atom is 0.314 e. The van der Waals surface area contributed by atoms with Gasteiger partial charge in [0.25, 0.3) is 20.2 Å². The highest BCUT2D eigenvalue weighted by molar-refractivity contribution is 7.85. The summed E-state index contributed by atoms with van der Waals surface area (Å²) in [6, 6.07) is 11.1. The molecule has 0 radical (unpaired) electrons. The molecule has 0 unspecified atom stereocenters. The van der Waals surface area contributed by atoms with Gasteiger partial charge in [-0.25, -0.2) is 0 Å². The molecule has 7 N–H and O–H groups in total. The van der Waals surface area contributed by atoms with Crippen molar-refractivity contribution in [3.63, 3.8) is 0 Å². The SMILES string of the molecule is CS(=O)(=O)O.CS(=O)(=O)O.N=C(N)c1ccc2cc(OC(=O)C3CCC(CN)CC3)ccc2c1. The third-order valence-electron chi connectivity index (χ3n) is 4.85. The van der Waals surface area contributed by atoms with Crippen LogP contribution in [0.1, 0.15) is 31.2 Å². The molecular formula is C21H31N3O8S2. The van der Waals surface area contributed by atoms with Gasteiger partial charge < -0.3 is 16.2 Å². The summed E-state index contributed by atoms with van der Waals surface area (Å²) in [5.41, 5.74) is 11.9. The summed E-state index contributed by atoms with van der Waals surface area (Å²) in [5.74, 6) is 0.975. The van der Waals surface area contributed by atoms with Gasteiger partial charge in [-0.1, -0.05) is 18.2 Å². The second-order valence-electron chi connectivity index (χ2n) is 7.98. The molecule has 1 saturated carbocycles. The maximum absolute atomic E-state index is 12.3. The Bertz CT molecular complexity index is 1160. The molecule has 0 amide bonds. The predicted molar refractivity (Wildman–Crippen MR) is 130 cm³/mol. The molecule has 0 atom stereocenters. The molecule has 0 bridgehead atoms. The van der Waals surface area contributed by atoms with Crippen LogP contribution in [0.3, 0.4) is 0 Å². The topological polar surface area (TPSA) is 211 Å². The monoisotopic (exact) mass is 517 g/mol. The van der Waals surface area contributed by atoms with Gasteiger partial charge in [-0.05, 0) is 67.1 Å². The molecule has 0 aromatic heterocycles. The number of hydrogen-bond donors (Lipinski definition) is 5. The number of ether oxygens (including phenoxy) is 1. The Kier molecular flexibility index (Phi) is 11.1. The molecule has 11 nitrogen and oxygen atoms in total. The maximum atomic E-state index is 12.3. The summed E-state index contributed by atoms with van der Waals surface area (Å²) in [6.45, 7) is 0.703. The van der Waals surface area contributed by atoms with Crippen LogP contribution >= 0.6 is 0 Å². The van der Waals surface area contributed by atoms with Crippen molar-refractivity contribution >= 4 is 42.8 Å². The van der Waals surface area contributed by atoms with Crippen molar-refractivity contribution in [2.75, 3.05) is 19.1 Å². The second-order valence-corrected chi connectivity index (χ2v) is 10.9. The number of esters is 1. The number of nitrogens with one attached hydrogen (secondary N) is 1. The molecular weight excluding hydrogens is 486 g/mol. The van der Waals surface area contributed by atoms with E-state index in [0.29, 0.717) is 36.3 Å². The number of nitrogen functional groups attached to an aromatic ring is 1. The number of fused-ring (bicyclic) bond motifs is 1. The average Bonchev–Trinajstić information content (AvgIpc) is 2.71. The summed E-state index contributed by atoms with van der Waals surface area (Å²) in [7, 11) is -7.33. The van der Waals surface area contributed by atoms with Crippen molar-refractivity contribution in [3.05, 3.63) is 42.0 Å². The van der Waals surface area contributed by atoms with Crippen molar-refractivity contribution in [3.8, 4) is 5.75 Å². The van der Waals surface area contributed by atoms with E-state index in [-0.39, 0.29) is 17.7 Å². The van der Waals surface area contributed by atoms with Crippen LogP contribution in [0.4, 0.5) is 0 Å². The lowest BCUT2D eigenvalue weighted by Gasteiger charge is -2.26. The highest BCUT2D eigenvalue weighted by atomic mass is 32.2. The fourth-order valence-electron chi connectivity index (χ4n) is 3.29. The molecule has 3 rings (SSSR count). The standard InChI is InChI=1S/C19H23N3O2.2CH4O3S/c20-11-12-1-3-13(4-2-12)19(23)24-17-8-7-14-9-16(18(21)22)6-5-15(14)10-17;2*1-5(2,3)4/h5-10,12-13H,1-4,11,20H2,(H3,21,22);2*1H3,(H,2,3,4). The van der Waals surface area contributed by atoms with E-state index in [4.69, 9.17) is 30.7 Å². The van der Waals surface area contributed by atoms with Crippen LogP contribution in [0, 0.1) is 17.2 Å². The van der Waals surface area contributed by atoms with Gasteiger partial charge in [0.2, 0.25) is 0 Å². The van der Waals surface area contributed by atoms with Gasteiger partial charge in [0, 0.05) is 5.56 Å². The van der Waals surface area contributed by atoms with E-state index < -0.39 is 20.2 Å². The van der Waals surface area contributed by atoms with Crippen molar-refractivity contribution < 1.29 is 35.5 Å². The van der Waals surface area contributed by atoms with Crippen LogP contribution in [-0.4, -0.2) is 56.8 Å². The third-order valence-corrected chi connectivity index (χ3v) is 4.85. The first kappa shape index (κ1) is 29.5. The zero-order valence-corrected chi connectivity index (χ0v) is 20.6. The first-order valence-electron chi connectivity index (χ1n) is 10.2. The molecule has 2 aromatic rings. The average molecular weight is 518 g/mol. The molecule has 0 saturated heterocycles. The number of nitrogens with two attached hydrogens (primary N) is 2. The van der Waals surface area contributed by atoms with Crippen molar-refractivity contribution in [2.24, 2.45) is 23.3 Å². The number of amidine groups is 1. The highest BCUT2D eigenvalue weighted by Crippen LogP contribution is 2.30. The van der Waals surface area contributed by atoms with E-state index in [1.807, 2.05) is 24.3 Å². The van der Waals surface area contributed by atoms with Gasteiger partial charge in [-0.15, -0.1) is 0 Å². The molecule has 0 spiro atoms. The smallest absolute Gasteiger partial charge is 0.314 e. The van der Waals surface area contributed by atoms with E-state index in [1.54, 1.807) is 12.1 Å². The molecule has 13 heteroatoms. The van der Waals surface area contributed by atoms with Crippen LogP contribution < -0.4 is 16.2 Å². The highest BCUT2D eigenvalue weighted by Gasteiger charge is 2.27. The molecule has 1 aliphatic rings. The Labute approximate surface area is 199 Å². The number of hydrogen-bond acceptors (Lipinski definition) is 8. The summed E-state index contributed by atoms with van der Waals surface area (Å²) in [6.07, 6.45) is 5.15. The third kappa shape index (κ3) is 12.6. The number of carbonyl (C=O) groups excluding carboxylic acids is 1. The number of benzene rings is 2. The summed E-state index contributed by atoms with van der Waals surface area (Å²) < 4.78 is 57.3. The molecule has 1 fully saturated rings. The van der Waals surface area contributed by atoms with Gasteiger partial charge in [0.1, 0.15) is 11.6 Å². The summed E-state index contributed by atoms with van der Waals surface area (Å²) >= 11 is 0. The van der Waals surface area contributed by atoms with Gasteiger partial charge in [0.15, 0.2) is 0 Å². The molecule has 0 heterocycles. The molecule has 1 aliphatic carbocycles. The second kappa shape index (κ2) is 12.8. The molecule has 2 aromatic carbocycles. The Morgan fingerprint density at radius 3 is 1.91 bits per heavy atom. The van der Waals surface area contributed by atoms with E-state index in [2.05, 4.69) is 0 Å². The first-order valence-corrected chi connectivity index (χ1v) is 13.9. The summed E-state index contributed by atoms with van der Waals surface area (Å²) in [5, 5.41) is 9.41. The first-order chi connectivity index (χ1) is 15.6. The molecule has 0 aliphatic heterocycles. The molecule has 190 valence electrons. The van der Waals surface area contributed by atoms with Gasteiger partial charge in [-0.2, -0.15) is 16.8 Å². The van der Waals surface area contributed by atoms with Gasteiger partial charge in [-0.3, -0.25) is 19.3 Å². The molecule has 34 heavy (non-hydrogen) atoms. The predicted octanol–water partition coefficient (Wildman–Crippen LogP) is 1.80. The summed E-state index contributed by atoms with van der Waals surface area (Å²) in [4.78, 5) is 12.3. The van der Waals surface area contributed by atoms with E-state index >= 15 is 0 Å². The zero-order valence-electron chi connectivity index (χ0n) is 19.0. The fourth-order valence-corrected chi connectivity index (χ4v) is 3.29. The van der Waals surface area contributed by atoms with Gasteiger partial charge >= 0.3 is 5.97 Å². The van der Waals surface area contributed by atoms with E-state index in [1.165, 1.54) is 0 Å². The minimum atomic E-state index is -3.67. The van der Waals surface area contributed by atoms with Crippen molar-refractivity contribution in [1.29, 1.82) is 5.41 Å². The van der Waals surface area contributed by atoms with Crippen LogP contribution in [0.15, 0.2) is 36.4 Å². The van der Waals surface area contributed by atoms with Crippen LogP contribution in [0.25, 0.3) is 10.8 Å². The Hall–Kier alpha value is -2.58. The van der Waals surface area contributed by atoms with Crippen molar-refractivity contribution in [1.82, 2.24) is 0 Å². The van der Waals surface area contributed by atoms with Crippen molar-refractivity contribution in [2.45, 2.75) is 25.7 Å². The minimum absolute atomic E-state index is 0.0245. The normalized spacial score (nSPS) is 18.0. The fraction of sp³-hybridized carbons (Fsp3) is 0.429. The van der Waals surface area contributed by atoms with Crippen LogP contribution in [0.5, 0.6) is 5.75 Å². The lowest BCUT2D eigenvalue weighted by molar-refractivity contribution is -0.140. The van der Waals surface area contributed by atoms with Gasteiger partial charge in [0.05, 0.1) is 18.4 Å². The zero-order chi connectivity index (χ0) is 26.1.